The highest BCUT2D eigenvalue weighted by molar-refractivity contribution is 8.07. The zero-order valence-electron chi connectivity index (χ0n) is 21.8. The van der Waals surface area contributed by atoms with Crippen LogP contribution < -0.4 is 0 Å². The first-order chi connectivity index (χ1) is 18.4. The van der Waals surface area contributed by atoms with Gasteiger partial charge in [-0.2, -0.15) is 5.10 Å². The molecular formula is C30H31N5OS2. The third-order valence-electron chi connectivity index (χ3n) is 7.30. The molecule has 2 aliphatic rings. The van der Waals surface area contributed by atoms with Gasteiger partial charge in [-0.1, -0.05) is 48.2 Å². The van der Waals surface area contributed by atoms with Crippen molar-refractivity contribution in [3.63, 3.8) is 0 Å². The maximum Gasteiger partial charge on any atom is 0.165 e. The predicted molar refractivity (Wildman–Crippen MR) is 156 cm³/mol. The largest absolute Gasteiger partial charge is 0.372 e. The van der Waals surface area contributed by atoms with Gasteiger partial charge in [0.25, 0.3) is 0 Å². The number of hydrogen-bond acceptors (Lipinski definition) is 6. The summed E-state index contributed by atoms with van der Waals surface area (Å²) in [7, 11) is 1.96. The maximum absolute atomic E-state index is 10.6. The van der Waals surface area contributed by atoms with Crippen molar-refractivity contribution in [3.8, 4) is 23.0 Å². The number of hydrogen-bond donors (Lipinski definition) is 1. The monoisotopic (exact) mass is 541 g/mol. The molecule has 0 spiro atoms. The first-order valence-corrected chi connectivity index (χ1v) is 14.9. The van der Waals surface area contributed by atoms with Gasteiger partial charge in [-0.3, -0.25) is 9.58 Å². The molecule has 0 radical (unpaired) electrons. The molecule has 3 unspecified atom stereocenters. The minimum absolute atomic E-state index is 0.203. The zero-order valence-corrected chi connectivity index (χ0v) is 23.4. The van der Waals surface area contributed by atoms with Gasteiger partial charge >= 0.3 is 0 Å². The Morgan fingerprint density at radius 2 is 1.82 bits per heavy atom. The van der Waals surface area contributed by atoms with Crippen molar-refractivity contribution in [3.05, 3.63) is 95.8 Å². The molecule has 4 aromatic rings. The Balaban J connectivity index is 1.04. The van der Waals surface area contributed by atoms with E-state index >= 15 is 0 Å². The van der Waals surface area contributed by atoms with Crippen LogP contribution in [0.3, 0.4) is 0 Å². The highest BCUT2D eigenvalue weighted by Gasteiger charge is 2.42. The Kier molecular flexibility index (Phi) is 6.87. The molecule has 3 atom stereocenters. The topological polar surface area (TPSA) is 59.1 Å². The van der Waals surface area contributed by atoms with E-state index < -0.39 is 4.93 Å². The van der Waals surface area contributed by atoms with Gasteiger partial charge in [0.05, 0.1) is 11.4 Å². The number of aliphatic hydroxyl groups is 1. The third-order valence-corrected chi connectivity index (χ3v) is 9.41. The molecule has 0 bridgehead atoms. The fraction of sp³-hybridized carbons (Fsp3) is 0.333. The molecule has 194 valence electrons. The van der Waals surface area contributed by atoms with E-state index in [4.69, 9.17) is 0 Å². The van der Waals surface area contributed by atoms with E-state index in [1.165, 1.54) is 34.0 Å². The number of likely N-dealkylation sites (tertiary alicyclic amines) is 1. The van der Waals surface area contributed by atoms with E-state index in [-0.39, 0.29) is 10.6 Å². The van der Waals surface area contributed by atoms with Gasteiger partial charge in [0, 0.05) is 62.3 Å². The van der Waals surface area contributed by atoms with E-state index in [1.807, 2.05) is 30.4 Å². The van der Waals surface area contributed by atoms with Crippen LogP contribution in [0.5, 0.6) is 0 Å². The van der Waals surface area contributed by atoms with Crippen LogP contribution in [-0.2, 0) is 18.5 Å². The lowest BCUT2D eigenvalue weighted by molar-refractivity contribution is 0.139. The fourth-order valence-electron chi connectivity index (χ4n) is 4.96. The Labute approximate surface area is 232 Å². The van der Waals surface area contributed by atoms with Crippen molar-refractivity contribution in [2.45, 2.75) is 34.9 Å². The van der Waals surface area contributed by atoms with Gasteiger partial charge in [-0.05, 0) is 42.0 Å². The molecule has 1 N–H and O–H groups in total. The summed E-state index contributed by atoms with van der Waals surface area (Å²) in [4.78, 5) is 5.85. The lowest BCUT2D eigenvalue weighted by Gasteiger charge is -2.39. The lowest BCUT2D eigenvalue weighted by Crippen LogP contribution is -2.44. The summed E-state index contributed by atoms with van der Waals surface area (Å²) in [5, 5.41) is 15.3. The molecule has 8 heteroatoms. The molecule has 6 nitrogen and oxygen atoms in total. The highest BCUT2D eigenvalue weighted by atomic mass is 32.2. The Morgan fingerprint density at radius 1 is 1.11 bits per heavy atom. The maximum atomic E-state index is 10.6. The summed E-state index contributed by atoms with van der Waals surface area (Å²) in [5.41, 5.74) is 6.14. The SMILES string of the molecule is CSC(C)(O)c1nccn1C1SC1C#Cc1ccc(-c2ccc(C3CN(Cc4cnn(C)c4)C3)cc2)cc1. The fourth-order valence-corrected chi connectivity index (χ4v) is 6.14. The predicted octanol–water partition coefficient (Wildman–Crippen LogP) is 5.08. The average Bonchev–Trinajstić information content (AvgIpc) is 3.28. The van der Waals surface area contributed by atoms with Crippen LogP contribution in [0, 0.1) is 11.8 Å². The molecule has 4 heterocycles. The second-order valence-corrected chi connectivity index (χ2v) is 12.6. The van der Waals surface area contributed by atoms with Crippen molar-refractivity contribution in [1.82, 2.24) is 24.2 Å². The van der Waals surface area contributed by atoms with E-state index in [1.54, 1.807) is 24.9 Å². The van der Waals surface area contributed by atoms with Crippen LogP contribution in [-0.4, -0.2) is 53.9 Å². The molecule has 2 saturated heterocycles. The smallest absolute Gasteiger partial charge is 0.165 e. The Bertz CT molecular complexity index is 1470. The number of imidazole rings is 1. The van der Waals surface area contributed by atoms with Crippen LogP contribution in [0.2, 0.25) is 0 Å². The first kappa shape index (κ1) is 25.3. The molecule has 2 fully saturated rings. The normalized spacial score (nSPS) is 20.8. The number of aromatic nitrogens is 4. The Morgan fingerprint density at radius 3 is 2.47 bits per heavy atom. The van der Waals surface area contributed by atoms with Gasteiger partial charge in [0.2, 0.25) is 0 Å². The Hall–Kier alpha value is -2.96. The summed E-state index contributed by atoms with van der Waals surface area (Å²) in [6.45, 7) is 4.95. The summed E-state index contributed by atoms with van der Waals surface area (Å²) in [5.74, 6) is 8.00. The molecule has 2 aromatic carbocycles. The number of nitrogens with zero attached hydrogens (tertiary/aromatic N) is 5. The molecule has 6 rings (SSSR count). The number of benzene rings is 2. The average molecular weight is 542 g/mol. The molecule has 0 saturated carbocycles. The zero-order chi connectivity index (χ0) is 26.3. The summed E-state index contributed by atoms with van der Waals surface area (Å²) < 4.78 is 3.92. The molecular weight excluding hydrogens is 510 g/mol. The van der Waals surface area contributed by atoms with Crippen LogP contribution in [0.1, 0.15) is 40.7 Å². The van der Waals surface area contributed by atoms with Crippen LogP contribution in [0.25, 0.3) is 11.1 Å². The minimum Gasteiger partial charge on any atom is -0.372 e. The molecule has 0 aliphatic carbocycles. The molecule has 0 amide bonds. The van der Waals surface area contributed by atoms with Gasteiger partial charge < -0.3 is 9.67 Å². The van der Waals surface area contributed by atoms with Crippen molar-refractivity contribution >= 4 is 23.5 Å². The summed E-state index contributed by atoms with van der Waals surface area (Å²) in [6.07, 6.45) is 9.62. The van der Waals surface area contributed by atoms with E-state index in [0.717, 1.165) is 25.2 Å². The van der Waals surface area contributed by atoms with E-state index in [2.05, 4.69) is 86.1 Å². The highest BCUT2D eigenvalue weighted by Crippen LogP contribution is 2.52. The van der Waals surface area contributed by atoms with Gasteiger partial charge in [-0.25, -0.2) is 4.98 Å². The quantitative estimate of drug-likeness (QED) is 0.200. The van der Waals surface area contributed by atoms with Crippen molar-refractivity contribution in [1.29, 1.82) is 0 Å². The van der Waals surface area contributed by atoms with Gasteiger partial charge in [0.1, 0.15) is 5.37 Å². The van der Waals surface area contributed by atoms with E-state index in [9.17, 15) is 5.11 Å². The lowest BCUT2D eigenvalue weighted by atomic mass is 9.90. The van der Waals surface area contributed by atoms with Gasteiger partial charge in [0.15, 0.2) is 10.8 Å². The molecule has 2 aromatic heterocycles. The minimum atomic E-state index is -1.00. The summed E-state index contributed by atoms with van der Waals surface area (Å²) in [6, 6.07) is 17.5. The second-order valence-electron chi connectivity index (χ2n) is 10.2. The van der Waals surface area contributed by atoms with Crippen LogP contribution >= 0.6 is 23.5 Å². The third kappa shape index (κ3) is 5.29. The number of aryl methyl sites for hydroxylation is 1. The van der Waals surface area contributed by atoms with Crippen molar-refractivity contribution in [2.75, 3.05) is 19.3 Å². The molecule has 2 aliphatic heterocycles. The molecule has 38 heavy (non-hydrogen) atoms. The standard InChI is InChI=1S/C30H31N5OS2/c1-30(36,37-3)29-31-14-15-35(29)28-27(38-28)13-6-21-4-7-23(8-5-21)24-9-11-25(12-10-24)26-19-34(20-26)18-22-16-32-33(2)17-22/h4-5,7-12,14-17,26-28,36H,18-20H2,1-3H3. The van der Waals surface area contributed by atoms with Crippen LogP contribution in [0.4, 0.5) is 0 Å². The van der Waals surface area contributed by atoms with Crippen molar-refractivity contribution in [2.24, 2.45) is 7.05 Å². The van der Waals surface area contributed by atoms with Gasteiger partial charge in [-0.15, -0.1) is 23.5 Å². The van der Waals surface area contributed by atoms with Crippen molar-refractivity contribution < 1.29 is 5.11 Å². The number of rotatable bonds is 7. The second kappa shape index (κ2) is 10.3. The van der Waals surface area contributed by atoms with E-state index in [0.29, 0.717) is 11.7 Å². The summed E-state index contributed by atoms with van der Waals surface area (Å²) >= 11 is 3.17. The first-order valence-electron chi connectivity index (χ1n) is 12.8. The number of thioether (sulfide) groups is 2. The van der Waals surface area contributed by atoms with Crippen LogP contribution in [0.15, 0.2) is 73.3 Å².